The molecule has 0 unspecified atom stereocenters. The number of hydrogen-bond acceptors (Lipinski definition) is 2. The van der Waals surface area contributed by atoms with Crippen LogP contribution < -0.4 is 0 Å². The van der Waals surface area contributed by atoms with Gasteiger partial charge in [-0.25, -0.2) is 0 Å². The van der Waals surface area contributed by atoms with E-state index in [-0.39, 0.29) is 0 Å². The SMILES string of the molecule is O=C(O)C1(c2cccc(C3(O)CC3)c2)CCCCC1. The van der Waals surface area contributed by atoms with Crippen molar-refractivity contribution < 1.29 is 15.0 Å². The lowest BCUT2D eigenvalue weighted by molar-refractivity contribution is -0.145. The molecule has 0 aromatic heterocycles. The third kappa shape index (κ3) is 2.06. The minimum atomic E-state index is -0.737. The van der Waals surface area contributed by atoms with E-state index < -0.39 is 17.0 Å². The van der Waals surface area contributed by atoms with E-state index in [9.17, 15) is 15.0 Å². The third-order valence-electron chi connectivity index (χ3n) is 4.79. The summed E-state index contributed by atoms with van der Waals surface area (Å²) in [6.07, 6.45) is 6.07. The Morgan fingerprint density at radius 2 is 1.63 bits per heavy atom. The lowest BCUT2D eigenvalue weighted by Crippen LogP contribution is -2.38. The van der Waals surface area contributed by atoms with Gasteiger partial charge in [0, 0.05) is 0 Å². The highest BCUT2D eigenvalue weighted by atomic mass is 16.4. The van der Waals surface area contributed by atoms with Crippen molar-refractivity contribution in [2.45, 2.75) is 56.0 Å². The van der Waals surface area contributed by atoms with Gasteiger partial charge < -0.3 is 10.2 Å². The highest BCUT2D eigenvalue weighted by Gasteiger charge is 2.45. The molecule has 2 fully saturated rings. The van der Waals surface area contributed by atoms with Crippen LogP contribution in [0.3, 0.4) is 0 Å². The molecule has 0 atom stereocenters. The fourth-order valence-electron chi connectivity index (χ4n) is 3.29. The van der Waals surface area contributed by atoms with Crippen LogP contribution in [0.25, 0.3) is 0 Å². The number of carboxylic acid groups (broad SMARTS) is 1. The van der Waals surface area contributed by atoms with Crippen molar-refractivity contribution in [2.75, 3.05) is 0 Å². The lowest BCUT2D eigenvalue weighted by Gasteiger charge is -2.34. The molecule has 0 saturated heterocycles. The van der Waals surface area contributed by atoms with Crippen LogP contribution in [-0.4, -0.2) is 16.2 Å². The van der Waals surface area contributed by atoms with Crippen molar-refractivity contribution in [3.8, 4) is 0 Å². The van der Waals surface area contributed by atoms with Gasteiger partial charge in [0.1, 0.15) is 0 Å². The summed E-state index contributed by atoms with van der Waals surface area (Å²) in [5, 5.41) is 19.9. The molecule has 2 saturated carbocycles. The van der Waals surface area contributed by atoms with E-state index >= 15 is 0 Å². The monoisotopic (exact) mass is 260 g/mol. The van der Waals surface area contributed by atoms with Gasteiger partial charge in [-0.15, -0.1) is 0 Å². The summed E-state index contributed by atoms with van der Waals surface area (Å²) in [4.78, 5) is 11.8. The average Bonchev–Trinajstić information content (AvgIpc) is 3.19. The molecule has 0 radical (unpaired) electrons. The maximum atomic E-state index is 11.8. The van der Waals surface area contributed by atoms with Crippen LogP contribution in [0.5, 0.6) is 0 Å². The number of hydrogen-bond donors (Lipinski definition) is 2. The fraction of sp³-hybridized carbons (Fsp3) is 0.562. The summed E-state index contributed by atoms with van der Waals surface area (Å²) in [6, 6.07) is 7.64. The molecule has 0 bridgehead atoms. The predicted octanol–water partition coefficient (Wildman–Crippen LogP) is 2.95. The molecular weight excluding hydrogens is 240 g/mol. The fourth-order valence-corrected chi connectivity index (χ4v) is 3.29. The first kappa shape index (κ1) is 12.7. The highest BCUT2D eigenvalue weighted by molar-refractivity contribution is 5.81. The second-order valence-corrected chi connectivity index (χ2v) is 6.06. The molecule has 102 valence electrons. The van der Waals surface area contributed by atoms with E-state index in [1.807, 2.05) is 24.3 Å². The van der Waals surface area contributed by atoms with E-state index in [0.717, 1.165) is 43.2 Å². The number of rotatable bonds is 3. The third-order valence-corrected chi connectivity index (χ3v) is 4.79. The molecule has 2 N–H and O–H groups in total. The first-order valence-corrected chi connectivity index (χ1v) is 7.14. The summed E-state index contributed by atoms with van der Waals surface area (Å²) in [7, 11) is 0. The Kier molecular flexibility index (Phi) is 2.90. The molecule has 3 heteroatoms. The molecule has 3 rings (SSSR count). The summed E-state index contributed by atoms with van der Waals surface area (Å²) in [5.74, 6) is -0.716. The van der Waals surface area contributed by atoms with E-state index in [2.05, 4.69) is 0 Å². The zero-order valence-corrected chi connectivity index (χ0v) is 11.1. The maximum absolute atomic E-state index is 11.8. The minimum absolute atomic E-state index is 0.690. The van der Waals surface area contributed by atoms with Crippen molar-refractivity contribution in [1.82, 2.24) is 0 Å². The second kappa shape index (κ2) is 4.34. The molecule has 1 aromatic rings. The van der Waals surface area contributed by atoms with Gasteiger partial charge >= 0.3 is 5.97 Å². The first-order valence-electron chi connectivity index (χ1n) is 7.14. The van der Waals surface area contributed by atoms with Crippen molar-refractivity contribution in [3.63, 3.8) is 0 Å². The first-order chi connectivity index (χ1) is 9.07. The molecule has 0 amide bonds. The van der Waals surface area contributed by atoms with Gasteiger partial charge in [0.05, 0.1) is 11.0 Å². The number of carboxylic acids is 1. The van der Waals surface area contributed by atoms with Crippen LogP contribution in [-0.2, 0) is 15.8 Å². The molecule has 2 aliphatic rings. The van der Waals surface area contributed by atoms with Gasteiger partial charge in [-0.2, -0.15) is 0 Å². The average molecular weight is 260 g/mol. The molecule has 3 nitrogen and oxygen atoms in total. The Bertz CT molecular complexity index is 496. The van der Waals surface area contributed by atoms with Crippen molar-refractivity contribution in [1.29, 1.82) is 0 Å². The molecule has 2 aliphatic carbocycles. The van der Waals surface area contributed by atoms with Crippen LogP contribution in [0.1, 0.15) is 56.1 Å². The highest BCUT2D eigenvalue weighted by Crippen LogP contribution is 2.47. The van der Waals surface area contributed by atoms with Crippen molar-refractivity contribution in [2.24, 2.45) is 0 Å². The van der Waals surface area contributed by atoms with Crippen LogP contribution in [0, 0.1) is 0 Å². The van der Waals surface area contributed by atoms with E-state index in [0.29, 0.717) is 12.8 Å². The Labute approximate surface area is 113 Å². The smallest absolute Gasteiger partial charge is 0.314 e. The summed E-state index contributed by atoms with van der Waals surface area (Å²) < 4.78 is 0. The maximum Gasteiger partial charge on any atom is 0.314 e. The van der Waals surface area contributed by atoms with Gasteiger partial charge in [0.2, 0.25) is 0 Å². The summed E-state index contributed by atoms with van der Waals surface area (Å²) in [5.41, 5.74) is 0.331. The number of carbonyl (C=O) groups is 1. The van der Waals surface area contributed by atoms with Crippen LogP contribution in [0.2, 0.25) is 0 Å². The lowest BCUT2D eigenvalue weighted by atomic mass is 9.69. The molecule has 0 heterocycles. The van der Waals surface area contributed by atoms with Gasteiger partial charge in [0.15, 0.2) is 0 Å². The standard InChI is InChI=1S/C16H20O3/c17-14(18)15(7-2-1-3-8-15)12-5-4-6-13(11-12)16(19)9-10-16/h4-6,11,19H,1-3,7-10H2,(H,17,18). The Balaban J connectivity index is 2.01. The van der Waals surface area contributed by atoms with Crippen LogP contribution in [0.15, 0.2) is 24.3 Å². The van der Waals surface area contributed by atoms with Crippen molar-refractivity contribution >= 4 is 5.97 Å². The van der Waals surface area contributed by atoms with Crippen molar-refractivity contribution in [3.05, 3.63) is 35.4 Å². The normalized spacial score (nSPS) is 23.8. The largest absolute Gasteiger partial charge is 0.481 e. The number of aliphatic carboxylic acids is 1. The Morgan fingerprint density at radius 3 is 2.21 bits per heavy atom. The zero-order chi connectivity index (χ0) is 13.5. The second-order valence-electron chi connectivity index (χ2n) is 6.06. The van der Waals surface area contributed by atoms with Gasteiger partial charge in [0.25, 0.3) is 0 Å². The molecule has 0 spiro atoms. The Hall–Kier alpha value is -1.35. The molecular formula is C16H20O3. The summed E-state index contributed by atoms with van der Waals surface area (Å²) >= 11 is 0. The van der Waals surface area contributed by atoms with Gasteiger partial charge in [-0.1, -0.05) is 43.5 Å². The molecule has 0 aliphatic heterocycles. The Morgan fingerprint density at radius 1 is 1.00 bits per heavy atom. The number of aliphatic hydroxyl groups is 1. The quantitative estimate of drug-likeness (QED) is 0.878. The zero-order valence-electron chi connectivity index (χ0n) is 11.1. The van der Waals surface area contributed by atoms with Gasteiger partial charge in [-0.3, -0.25) is 4.79 Å². The molecule has 19 heavy (non-hydrogen) atoms. The van der Waals surface area contributed by atoms with Crippen LogP contribution >= 0.6 is 0 Å². The van der Waals surface area contributed by atoms with E-state index in [1.54, 1.807) is 0 Å². The summed E-state index contributed by atoms with van der Waals surface area (Å²) in [6.45, 7) is 0. The minimum Gasteiger partial charge on any atom is -0.481 e. The van der Waals surface area contributed by atoms with Crippen LogP contribution in [0.4, 0.5) is 0 Å². The predicted molar refractivity (Wildman–Crippen MR) is 72.0 cm³/mol. The molecule has 1 aromatic carbocycles. The van der Waals surface area contributed by atoms with E-state index in [4.69, 9.17) is 0 Å². The van der Waals surface area contributed by atoms with Gasteiger partial charge in [-0.05, 0) is 36.8 Å². The van der Waals surface area contributed by atoms with E-state index in [1.165, 1.54) is 0 Å². The topological polar surface area (TPSA) is 57.5 Å². The number of benzene rings is 1.